The van der Waals surface area contributed by atoms with Gasteiger partial charge in [0.15, 0.2) is 0 Å². The second-order valence-corrected chi connectivity index (χ2v) is 6.38. The van der Waals surface area contributed by atoms with Crippen molar-refractivity contribution >= 4 is 21.7 Å². The fourth-order valence-corrected chi connectivity index (χ4v) is 3.08. The molecule has 1 rings (SSSR count). The van der Waals surface area contributed by atoms with E-state index < -0.39 is 16.0 Å². The summed E-state index contributed by atoms with van der Waals surface area (Å²) in [7, 11) is -3.39. The number of carbonyl (C=O) groups is 1. The molecule has 2 N–H and O–H groups in total. The molecule has 0 aliphatic rings. The zero-order valence-electron chi connectivity index (χ0n) is 10.6. The molecular weight excluding hydrogens is 254 g/mol. The molecule has 100 valence electrons. The van der Waals surface area contributed by atoms with Gasteiger partial charge in [-0.15, -0.1) is 0 Å². The lowest BCUT2D eigenvalue weighted by Crippen LogP contribution is -2.20. The van der Waals surface area contributed by atoms with Crippen LogP contribution < -0.4 is 4.72 Å². The standard InChI is InChI=1S/C12H17NO4S/c1-8(2)7-18(16,17)13-11-5-4-10(12(14)15)6-9(11)3/h4-6,8,13H,7H2,1-3H3,(H,14,15). The Balaban J connectivity index is 2.96. The molecule has 1 aromatic rings. The maximum absolute atomic E-state index is 11.8. The van der Waals surface area contributed by atoms with Crippen molar-refractivity contribution in [1.82, 2.24) is 0 Å². The number of anilines is 1. The van der Waals surface area contributed by atoms with Crippen LogP contribution in [0.25, 0.3) is 0 Å². The number of hydrogen-bond donors (Lipinski definition) is 2. The van der Waals surface area contributed by atoms with Crippen molar-refractivity contribution in [3.05, 3.63) is 29.3 Å². The third-order valence-corrected chi connectivity index (χ3v) is 3.93. The van der Waals surface area contributed by atoms with E-state index in [4.69, 9.17) is 5.11 Å². The number of nitrogens with one attached hydrogen (secondary N) is 1. The molecule has 0 amide bonds. The molecule has 5 nitrogen and oxygen atoms in total. The molecule has 18 heavy (non-hydrogen) atoms. The number of hydrogen-bond acceptors (Lipinski definition) is 3. The number of aromatic carboxylic acids is 1. The summed E-state index contributed by atoms with van der Waals surface area (Å²) in [4.78, 5) is 10.8. The van der Waals surface area contributed by atoms with Crippen LogP contribution in [0.1, 0.15) is 29.8 Å². The van der Waals surface area contributed by atoms with Crippen LogP contribution in [0.2, 0.25) is 0 Å². The summed E-state index contributed by atoms with van der Waals surface area (Å²) >= 11 is 0. The van der Waals surface area contributed by atoms with Gasteiger partial charge in [-0.2, -0.15) is 0 Å². The Hall–Kier alpha value is -1.56. The maximum Gasteiger partial charge on any atom is 0.335 e. The Morgan fingerprint density at radius 1 is 1.39 bits per heavy atom. The average Bonchev–Trinajstić information content (AvgIpc) is 2.18. The van der Waals surface area contributed by atoms with Gasteiger partial charge in [0, 0.05) is 0 Å². The fraction of sp³-hybridized carbons (Fsp3) is 0.417. The largest absolute Gasteiger partial charge is 0.478 e. The van der Waals surface area contributed by atoms with Gasteiger partial charge in [0.2, 0.25) is 10.0 Å². The lowest BCUT2D eigenvalue weighted by Gasteiger charge is -2.12. The summed E-state index contributed by atoms with van der Waals surface area (Å²) in [5.74, 6) is -0.969. The highest BCUT2D eigenvalue weighted by molar-refractivity contribution is 7.92. The molecule has 1 aromatic carbocycles. The zero-order valence-corrected chi connectivity index (χ0v) is 11.4. The highest BCUT2D eigenvalue weighted by Crippen LogP contribution is 2.18. The Morgan fingerprint density at radius 3 is 2.44 bits per heavy atom. The monoisotopic (exact) mass is 271 g/mol. The summed E-state index contributed by atoms with van der Waals surface area (Å²) in [6, 6.07) is 4.29. The minimum absolute atomic E-state index is 0.0288. The first-order chi connectivity index (χ1) is 8.21. The van der Waals surface area contributed by atoms with E-state index in [2.05, 4.69) is 4.72 Å². The van der Waals surface area contributed by atoms with Gasteiger partial charge in [-0.25, -0.2) is 13.2 Å². The van der Waals surface area contributed by atoms with Crippen LogP contribution in [0.3, 0.4) is 0 Å². The molecule has 0 unspecified atom stereocenters. The number of rotatable bonds is 5. The molecule has 0 fully saturated rings. The number of carboxylic acid groups (broad SMARTS) is 1. The Bertz CT molecular complexity index is 549. The summed E-state index contributed by atoms with van der Waals surface area (Å²) in [6.45, 7) is 5.30. The van der Waals surface area contributed by atoms with E-state index in [-0.39, 0.29) is 17.2 Å². The first kappa shape index (κ1) is 14.5. The first-order valence-corrected chi connectivity index (χ1v) is 7.21. The van der Waals surface area contributed by atoms with Gasteiger partial charge in [0.05, 0.1) is 17.0 Å². The lowest BCUT2D eigenvalue weighted by molar-refractivity contribution is 0.0697. The van der Waals surface area contributed by atoms with E-state index in [0.717, 1.165) is 0 Å². The molecular formula is C12H17NO4S. The molecule has 6 heteroatoms. The minimum atomic E-state index is -3.39. The summed E-state index contributed by atoms with van der Waals surface area (Å²) in [5, 5.41) is 8.81. The van der Waals surface area contributed by atoms with Crippen LogP contribution in [-0.4, -0.2) is 25.2 Å². The van der Waals surface area contributed by atoms with E-state index in [9.17, 15) is 13.2 Å². The van der Waals surface area contributed by atoms with E-state index in [1.165, 1.54) is 18.2 Å². The SMILES string of the molecule is Cc1cc(C(=O)O)ccc1NS(=O)(=O)CC(C)C. The van der Waals surface area contributed by atoms with E-state index in [0.29, 0.717) is 11.3 Å². The molecule has 0 aromatic heterocycles. The highest BCUT2D eigenvalue weighted by Gasteiger charge is 2.14. The van der Waals surface area contributed by atoms with Crippen LogP contribution >= 0.6 is 0 Å². The quantitative estimate of drug-likeness (QED) is 0.859. The van der Waals surface area contributed by atoms with Gasteiger partial charge in [0.1, 0.15) is 0 Å². The normalized spacial score (nSPS) is 11.6. The second-order valence-electron chi connectivity index (χ2n) is 4.61. The first-order valence-electron chi connectivity index (χ1n) is 5.55. The van der Waals surface area contributed by atoms with Crippen LogP contribution in [0, 0.1) is 12.8 Å². The summed E-state index contributed by atoms with van der Waals surface area (Å²) < 4.78 is 26.0. The number of aryl methyl sites for hydroxylation is 1. The fourth-order valence-electron chi connectivity index (χ4n) is 1.56. The number of benzene rings is 1. The Morgan fingerprint density at radius 2 is 2.00 bits per heavy atom. The van der Waals surface area contributed by atoms with Crippen molar-refractivity contribution in [2.75, 3.05) is 10.5 Å². The number of carboxylic acids is 1. The Kier molecular flexibility index (Phi) is 4.34. The van der Waals surface area contributed by atoms with Crippen molar-refractivity contribution in [3.63, 3.8) is 0 Å². The van der Waals surface area contributed by atoms with Crippen molar-refractivity contribution in [3.8, 4) is 0 Å². The minimum Gasteiger partial charge on any atom is -0.478 e. The van der Waals surface area contributed by atoms with Crippen LogP contribution in [0.5, 0.6) is 0 Å². The molecule has 0 bridgehead atoms. The highest BCUT2D eigenvalue weighted by atomic mass is 32.2. The maximum atomic E-state index is 11.8. The molecule has 0 atom stereocenters. The third kappa shape index (κ3) is 4.03. The smallest absolute Gasteiger partial charge is 0.335 e. The summed E-state index contributed by atoms with van der Waals surface area (Å²) in [5.41, 5.74) is 1.14. The lowest BCUT2D eigenvalue weighted by atomic mass is 10.1. The van der Waals surface area contributed by atoms with Crippen LogP contribution in [-0.2, 0) is 10.0 Å². The van der Waals surface area contributed by atoms with Crippen molar-refractivity contribution < 1.29 is 18.3 Å². The number of sulfonamides is 1. The van der Waals surface area contributed by atoms with Crippen molar-refractivity contribution in [2.45, 2.75) is 20.8 Å². The van der Waals surface area contributed by atoms with Crippen molar-refractivity contribution in [1.29, 1.82) is 0 Å². The van der Waals surface area contributed by atoms with Crippen LogP contribution in [0.15, 0.2) is 18.2 Å². The molecule has 0 spiro atoms. The van der Waals surface area contributed by atoms with Gasteiger partial charge in [-0.3, -0.25) is 4.72 Å². The van der Waals surface area contributed by atoms with Gasteiger partial charge in [-0.1, -0.05) is 13.8 Å². The average molecular weight is 271 g/mol. The van der Waals surface area contributed by atoms with Crippen LogP contribution in [0.4, 0.5) is 5.69 Å². The van der Waals surface area contributed by atoms with Crippen molar-refractivity contribution in [2.24, 2.45) is 5.92 Å². The van der Waals surface area contributed by atoms with E-state index in [1.807, 2.05) is 13.8 Å². The Labute approximate surface area is 107 Å². The van der Waals surface area contributed by atoms with Gasteiger partial charge in [0.25, 0.3) is 0 Å². The second kappa shape index (κ2) is 5.39. The molecule has 0 aliphatic heterocycles. The van der Waals surface area contributed by atoms with Gasteiger partial charge >= 0.3 is 5.97 Å². The van der Waals surface area contributed by atoms with Gasteiger partial charge < -0.3 is 5.11 Å². The van der Waals surface area contributed by atoms with Gasteiger partial charge in [-0.05, 0) is 36.6 Å². The summed E-state index contributed by atoms with van der Waals surface area (Å²) in [6.07, 6.45) is 0. The topological polar surface area (TPSA) is 83.5 Å². The molecule has 0 saturated carbocycles. The molecule has 0 radical (unpaired) electrons. The van der Waals surface area contributed by atoms with E-state index in [1.54, 1.807) is 6.92 Å². The molecule has 0 saturated heterocycles. The predicted octanol–water partition coefficient (Wildman–Crippen LogP) is 2.09. The zero-order chi connectivity index (χ0) is 13.9. The van der Waals surface area contributed by atoms with E-state index >= 15 is 0 Å². The predicted molar refractivity (Wildman–Crippen MR) is 70.4 cm³/mol. The third-order valence-electron chi connectivity index (χ3n) is 2.29. The molecule has 0 heterocycles. The molecule has 0 aliphatic carbocycles.